The van der Waals surface area contributed by atoms with Crippen molar-refractivity contribution in [3.05, 3.63) is 216 Å². The quantitative estimate of drug-likeness (QED) is 0.166. The van der Waals surface area contributed by atoms with Crippen LogP contribution in [0.4, 0.5) is 5.69 Å². The van der Waals surface area contributed by atoms with E-state index in [-0.39, 0.29) is 0 Å². The normalized spacial score (nSPS) is 12.5. The molecule has 2 heterocycles. The van der Waals surface area contributed by atoms with Crippen LogP contribution in [0.5, 0.6) is 11.5 Å². The minimum atomic E-state index is -0.668. The van der Waals surface area contributed by atoms with Gasteiger partial charge in [-0.1, -0.05) is 158 Å². The van der Waals surface area contributed by atoms with E-state index in [0.29, 0.717) is 23.2 Å². The SMILES string of the molecule is [C-]#[N+]c1ccccc1-c1ccc(-c2nc(-c3ccccc3)nc(-c3ccc4c(c3)C(c3ccccc3)(c3ccccc3)c3ccccc3O4)n2)cc1. The molecule has 1 aliphatic rings. The van der Waals surface area contributed by atoms with Crippen LogP contribution in [0.25, 0.3) is 50.1 Å². The van der Waals surface area contributed by atoms with Gasteiger partial charge in [-0.3, -0.25) is 0 Å². The smallest absolute Gasteiger partial charge is 0.194 e. The molecule has 7 aromatic carbocycles. The molecule has 1 aliphatic heterocycles. The van der Waals surface area contributed by atoms with Gasteiger partial charge in [-0.05, 0) is 46.5 Å². The largest absolute Gasteiger partial charge is 0.457 e. The maximum absolute atomic E-state index is 7.63. The van der Waals surface area contributed by atoms with E-state index in [9.17, 15) is 0 Å². The molecule has 0 aliphatic carbocycles. The number of rotatable bonds is 6. The molecule has 5 nitrogen and oxygen atoms in total. The topological polar surface area (TPSA) is 52.3 Å². The Morgan fingerprint density at radius 2 is 0.904 bits per heavy atom. The second kappa shape index (κ2) is 12.9. The van der Waals surface area contributed by atoms with Gasteiger partial charge in [-0.25, -0.2) is 19.8 Å². The first kappa shape index (κ1) is 30.9. The van der Waals surface area contributed by atoms with E-state index in [1.165, 1.54) is 0 Å². The minimum absolute atomic E-state index is 0.558. The Morgan fingerprint density at radius 1 is 0.423 bits per heavy atom. The predicted molar refractivity (Wildman–Crippen MR) is 206 cm³/mol. The number of fused-ring (bicyclic) bond motifs is 2. The summed E-state index contributed by atoms with van der Waals surface area (Å²) in [6.07, 6.45) is 0. The summed E-state index contributed by atoms with van der Waals surface area (Å²) in [6.45, 7) is 7.63. The van der Waals surface area contributed by atoms with E-state index < -0.39 is 5.41 Å². The van der Waals surface area contributed by atoms with Gasteiger partial charge in [-0.15, -0.1) is 0 Å². The third-order valence-electron chi connectivity index (χ3n) is 9.71. The molecule has 0 bridgehead atoms. The highest BCUT2D eigenvalue weighted by Gasteiger charge is 2.45. The third-order valence-corrected chi connectivity index (χ3v) is 9.71. The first-order chi connectivity index (χ1) is 25.7. The Bertz CT molecular complexity index is 2560. The van der Waals surface area contributed by atoms with Gasteiger partial charge < -0.3 is 4.74 Å². The van der Waals surface area contributed by atoms with Crippen LogP contribution in [0.3, 0.4) is 0 Å². The molecule has 0 spiro atoms. The molecule has 0 amide bonds. The zero-order valence-electron chi connectivity index (χ0n) is 28.0. The van der Waals surface area contributed by atoms with Gasteiger partial charge in [-0.2, -0.15) is 0 Å². The lowest BCUT2D eigenvalue weighted by Crippen LogP contribution is -2.34. The number of hydrogen-bond acceptors (Lipinski definition) is 4. The van der Waals surface area contributed by atoms with E-state index in [4.69, 9.17) is 26.3 Å². The zero-order chi connectivity index (χ0) is 34.9. The van der Waals surface area contributed by atoms with Crippen molar-refractivity contribution in [2.75, 3.05) is 0 Å². The van der Waals surface area contributed by atoms with Crippen LogP contribution in [-0.4, -0.2) is 15.0 Å². The molecule has 0 saturated carbocycles. The van der Waals surface area contributed by atoms with Gasteiger partial charge >= 0.3 is 0 Å². The molecule has 8 aromatic rings. The number of benzene rings is 7. The molecule has 0 unspecified atom stereocenters. The van der Waals surface area contributed by atoms with Gasteiger partial charge in [0.2, 0.25) is 0 Å². The van der Waals surface area contributed by atoms with Crippen molar-refractivity contribution >= 4 is 5.69 Å². The van der Waals surface area contributed by atoms with Crippen LogP contribution >= 0.6 is 0 Å². The highest BCUT2D eigenvalue weighted by molar-refractivity contribution is 5.80. The van der Waals surface area contributed by atoms with Gasteiger partial charge in [0.15, 0.2) is 23.2 Å². The summed E-state index contributed by atoms with van der Waals surface area (Å²) in [5.74, 6) is 3.31. The summed E-state index contributed by atoms with van der Waals surface area (Å²) in [7, 11) is 0. The van der Waals surface area contributed by atoms with E-state index in [2.05, 4.69) is 83.7 Å². The minimum Gasteiger partial charge on any atom is -0.457 e. The lowest BCUT2D eigenvalue weighted by atomic mass is 9.63. The van der Waals surface area contributed by atoms with Crippen LogP contribution in [0, 0.1) is 6.57 Å². The molecule has 52 heavy (non-hydrogen) atoms. The average Bonchev–Trinajstić information content (AvgIpc) is 3.23. The summed E-state index contributed by atoms with van der Waals surface area (Å²) in [5.41, 5.74) is 8.74. The zero-order valence-corrected chi connectivity index (χ0v) is 28.0. The molecule has 0 N–H and O–H groups in total. The van der Waals surface area contributed by atoms with Crippen molar-refractivity contribution < 1.29 is 4.74 Å². The molecule has 0 atom stereocenters. The van der Waals surface area contributed by atoms with Crippen molar-refractivity contribution in [3.8, 4) is 56.8 Å². The van der Waals surface area contributed by atoms with Crippen molar-refractivity contribution in [1.82, 2.24) is 15.0 Å². The molecular formula is C47H30N4O. The second-order valence-corrected chi connectivity index (χ2v) is 12.7. The summed E-state index contributed by atoms with van der Waals surface area (Å²) in [6, 6.07) is 61.5. The fourth-order valence-corrected chi connectivity index (χ4v) is 7.31. The molecule has 0 saturated heterocycles. The van der Waals surface area contributed by atoms with Crippen LogP contribution in [0.15, 0.2) is 182 Å². The summed E-state index contributed by atoms with van der Waals surface area (Å²) < 4.78 is 6.65. The lowest BCUT2D eigenvalue weighted by molar-refractivity contribution is 0.434. The molecular weight excluding hydrogens is 637 g/mol. The van der Waals surface area contributed by atoms with E-state index in [1.807, 2.05) is 103 Å². The summed E-state index contributed by atoms with van der Waals surface area (Å²) in [5, 5.41) is 0. The van der Waals surface area contributed by atoms with Crippen molar-refractivity contribution in [2.24, 2.45) is 0 Å². The number of aromatic nitrogens is 3. The molecule has 5 heteroatoms. The van der Waals surface area contributed by atoms with E-state index in [1.54, 1.807) is 0 Å². The summed E-state index contributed by atoms with van der Waals surface area (Å²) in [4.78, 5) is 18.9. The van der Waals surface area contributed by atoms with Gasteiger partial charge in [0.1, 0.15) is 11.5 Å². The van der Waals surface area contributed by atoms with Gasteiger partial charge in [0.05, 0.1) is 12.0 Å². The van der Waals surface area contributed by atoms with Crippen molar-refractivity contribution in [2.45, 2.75) is 5.41 Å². The number of hydrogen-bond donors (Lipinski definition) is 0. The fraction of sp³-hybridized carbons (Fsp3) is 0.0213. The predicted octanol–water partition coefficient (Wildman–Crippen LogP) is 11.6. The van der Waals surface area contributed by atoms with Gasteiger partial charge in [0, 0.05) is 27.8 Å². The fourth-order valence-electron chi connectivity index (χ4n) is 7.31. The average molecular weight is 667 g/mol. The molecule has 9 rings (SSSR count). The van der Waals surface area contributed by atoms with Crippen molar-refractivity contribution in [1.29, 1.82) is 0 Å². The maximum Gasteiger partial charge on any atom is 0.194 e. The first-order valence-corrected chi connectivity index (χ1v) is 17.1. The number of ether oxygens (including phenoxy) is 1. The molecule has 0 fully saturated rings. The molecule has 1 aromatic heterocycles. The Kier molecular flexibility index (Phi) is 7.68. The monoisotopic (exact) mass is 666 g/mol. The van der Waals surface area contributed by atoms with Crippen LogP contribution < -0.4 is 4.74 Å². The second-order valence-electron chi connectivity index (χ2n) is 12.7. The van der Waals surface area contributed by atoms with Crippen LogP contribution in [0.2, 0.25) is 0 Å². The standard InChI is InChI=1S/C47H30N4O/c1-48-41-23-13-11-21-38(41)32-25-27-34(28-26-32)45-49-44(33-15-5-2-6-16-33)50-46(51-45)35-29-30-43-40(31-35)47(36-17-7-3-8-18-36,37-19-9-4-10-20-37)39-22-12-14-24-42(39)52-43/h2-31H. The van der Waals surface area contributed by atoms with Crippen LogP contribution in [0.1, 0.15) is 22.3 Å². The molecule has 0 radical (unpaired) electrons. The Hall–Kier alpha value is -7.16. The summed E-state index contributed by atoms with van der Waals surface area (Å²) >= 11 is 0. The van der Waals surface area contributed by atoms with Crippen molar-refractivity contribution in [3.63, 3.8) is 0 Å². The third kappa shape index (κ3) is 5.22. The number of para-hydroxylation sites is 2. The highest BCUT2D eigenvalue weighted by atomic mass is 16.5. The van der Waals surface area contributed by atoms with Gasteiger partial charge in [0.25, 0.3) is 0 Å². The van der Waals surface area contributed by atoms with Crippen LogP contribution in [-0.2, 0) is 5.41 Å². The highest BCUT2D eigenvalue weighted by Crippen LogP contribution is 2.55. The van der Waals surface area contributed by atoms with E-state index in [0.717, 1.165) is 61.6 Å². The Balaban J connectivity index is 1.24. The maximum atomic E-state index is 7.63. The molecule has 244 valence electrons. The Labute approximate surface area is 302 Å². The number of nitrogens with zero attached hydrogens (tertiary/aromatic N) is 4. The lowest BCUT2D eigenvalue weighted by Gasteiger charge is -2.41. The van der Waals surface area contributed by atoms with E-state index >= 15 is 0 Å². The first-order valence-electron chi connectivity index (χ1n) is 17.1. The Morgan fingerprint density at radius 3 is 1.56 bits per heavy atom.